The van der Waals surface area contributed by atoms with Gasteiger partial charge in [0.05, 0.1) is 6.54 Å². The maximum absolute atomic E-state index is 5.27. The number of aryl methyl sites for hydroxylation is 1. The fraction of sp³-hybridized carbons (Fsp3) is 0.222. The molecule has 6 heteroatoms. The second-order valence-corrected chi connectivity index (χ2v) is 3.02. The number of nitrogen functional groups attached to an aromatic ring is 1. The van der Waals surface area contributed by atoms with Crippen molar-refractivity contribution in [2.75, 3.05) is 5.43 Å². The van der Waals surface area contributed by atoms with E-state index in [1.807, 2.05) is 31.2 Å². The molecule has 1 aromatic heterocycles. The molecule has 0 aliphatic heterocycles. The third-order valence-corrected chi connectivity index (χ3v) is 2.05. The number of hydrogen-bond acceptors (Lipinski definition) is 5. The van der Waals surface area contributed by atoms with Crippen LogP contribution in [-0.4, -0.2) is 20.2 Å². The molecule has 0 atom stereocenters. The second-order valence-electron chi connectivity index (χ2n) is 3.02. The van der Waals surface area contributed by atoms with Crippen molar-refractivity contribution in [2.24, 2.45) is 5.84 Å². The Morgan fingerprint density at radius 1 is 1.33 bits per heavy atom. The molecule has 15 heavy (non-hydrogen) atoms. The molecule has 0 aliphatic rings. The molecule has 0 saturated carbocycles. The van der Waals surface area contributed by atoms with Crippen molar-refractivity contribution in [1.82, 2.24) is 20.2 Å². The molecule has 0 amide bonds. The Balaban J connectivity index is 2.28. The van der Waals surface area contributed by atoms with Gasteiger partial charge in [-0.15, -0.1) is 10.2 Å². The van der Waals surface area contributed by atoms with Crippen molar-refractivity contribution in [3.8, 4) is 11.4 Å². The van der Waals surface area contributed by atoms with Crippen LogP contribution in [0.1, 0.15) is 6.92 Å². The van der Waals surface area contributed by atoms with Crippen molar-refractivity contribution < 1.29 is 0 Å². The van der Waals surface area contributed by atoms with E-state index in [9.17, 15) is 0 Å². The minimum Gasteiger partial charge on any atom is -0.324 e. The highest BCUT2D eigenvalue weighted by Gasteiger charge is 2.04. The summed E-state index contributed by atoms with van der Waals surface area (Å²) in [5.41, 5.74) is 4.33. The molecule has 0 aliphatic carbocycles. The summed E-state index contributed by atoms with van der Waals surface area (Å²) in [6, 6.07) is 7.52. The van der Waals surface area contributed by atoms with Gasteiger partial charge in [-0.1, -0.05) is 0 Å². The van der Waals surface area contributed by atoms with Crippen LogP contribution in [0.4, 0.5) is 5.69 Å². The zero-order valence-electron chi connectivity index (χ0n) is 8.38. The summed E-state index contributed by atoms with van der Waals surface area (Å²) in [7, 11) is 0. The number of nitrogens with one attached hydrogen (secondary N) is 1. The van der Waals surface area contributed by atoms with Crippen LogP contribution in [0.15, 0.2) is 24.3 Å². The van der Waals surface area contributed by atoms with E-state index in [1.165, 1.54) is 0 Å². The van der Waals surface area contributed by atoms with Gasteiger partial charge in [-0.25, -0.2) is 0 Å². The van der Waals surface area contributed by atoms with Crippen LogP contribution in [0.25, 0.3) is 11.4 Å². The maximum atomic E-state index is 5.27. The van der Waals surface area contributed by atoms with Gasteiger partial charge in [0.15, 0.2) is 0 Å². The monoisotopic (exact) mass is 204 g/mol. The summed E-state index contributed by atoms with van der Waals surface area (Å²) in [4.78, 5) is 1.55. The summed E-state index contributed by atoms with van der Waals surface area (Å²) in [6.07, 6.45) is 0. The van der Waals surface area contributed by atoms with E-state index in [-0.39, 0.29) is 0 Å². The molecule has 6 nitrogen and oxygen atoms in total. The fourth-order valence-electron chi connectivity index (χ4n) is 1.21. The molecule has 0 radical (unpaired) electrons. The first kappa shape index (κ1) is 9.60. The van der Waals surface area contributed by atoms with Gasteiger partial charge in [0.1, 0.15) is 0 Å². The normalized spacial score (nSPS) is 10.3. The van der Waals surface area contributed by atoms with E-state index in [0.717, 1.165) is 17.8 Å². The summed E-state index contributed by atoms with van der Waals surface area (Å²) in [5, 5.41) is 12.0. The fourth-order valence-corrected chi connectivity index (χ4v) is 1.21. The average molecular weight is 204 g/mol. The predicted molar refractivity (Wildman–Crippen MR) is 56.7 cm³/mol. The highest BCUT2D eigenvalue weighted by Crippen LogP contribution is 2.16. The Bertz CT molecular complexity index is 432. The Hall–Kier alpha value is -1.95. The van der Waals surface area contributed by atoms with E-state index >= 15 is 0 Å². The van der Waals surface area contributed by atoms with Crippen molar-refractivity contribution in [3.05, 3.63) is 24.3 Å². The molecule has 0 unspecified atom stereocenters. The van der Waals surface area contributed by atoms with Crippen LogP contribution in [0.3, 0.4) is 0 Å². The Kier molecular flexibility index (Phi) is 2.59. The summed E-state index contributed by atoms with van der Waals surface area (Å²) >= 11 is 0. The summed E-state index contributed by atoms with van der Waals surface area (Å²) in [5.74, 6) is 5.89. The van der Waals surface area contributed by atoms with Crippen LogP contribution in [0, 0.1) is 0 Å². The van der Waals surface area contributed by atoms with Crippen molar-refractivity contribution in [2.45, 2.75) is 13.5 Å². The number of nitrogens with two attached hydrogens (primary N) is 1. The van der Waals surface area contributed by atoms with Gasteiger partial charge in [-0.2, -0.15) is 4.80 Å². The maximum Gasteiger partial charge on any atom is 0.204 e. The lowest BCUT2D eigenvalue weighted by Crippen LogP contribution is -2.06. The number of hydrogen-bond donors (Lipinski definition) is 2. The first-order valence-electron chi connectivity index (χ1n) is 4.68. The molecule has 1 heterocycles. The van der Waals surface area contributed by atoms with Gasteiger partial charge in [-0.05, 0) is 36.4 Å². The van der Waals surface area contributed by atoms with Crippen LogP contribution < -0.4 is 11.3 Å². The standard InChI is InChI=1S/C9H12N6/c1-2-15-13-9(12-14-15)7-3-5-8(11-10)6-4-7/h3-6,11H,2,10H2,1H3. The minimum absolute atomic E-state index is 0.625. The Labute approximate surface area is 87.1 Å². The average Bonchev–Trinajstić information content (AvgIpc) is 2.78. The molecule has 0 spiro atoms. The van der Waals surface area contributed by atoms with E-state index in [1.54, 1.807) is 4.80 Å². The highest BCUT2D eigenvalue weighted by molar-refractivity contribution is 5.58. The molecule has 3 N–H and O–H groups in total. The minimum atomic E-state index is 0.625. The molecular formula is C9H12N6. The van der Waals surface area contributed by atoms with Crippen LogP contribution in [-0.2, 0) is 6.54 Å². The third kappa shape index (κ3) is 1.94. The highest BCUT2D eigenvalue weighted by atomic mass is 15.6. The molecule has 2 aromatic rings. The van der Waals surface area contributed by atoms with Crippen molar-refractivity contribution in [1.29, 1.82) is 0 Å². The van der Waals surface area contributed by atoms with E-state index < -0.39 is 0 Å². The Morgan fingerprint density at radius 3 is 2.60 bits per heavy atom. The van der Waals surface area contributed by atoms with E-state index in [0.29, 0.717) is 5.82 Å². The van der Waals surface area contributed by atoms with Crippen LogP contribution >= 0.6 is 0 Å². The number of nitrogens with zero attached hydrogens (tertiary/aromatic N) is 4. The van der Waals surface area contributed by atoms with Gasteiger partial charge in [0.2, 0.25) is 5.82 Å². The summed E-state index contributed by atoms with van der Waals surface area (Å²) < 4.78 is 0. The van der Waals surface area contributed by atoms with Gasteiger partial charge < -0.3 is 5.43 Å². The second kappa shape index (κ2) is 4.05. The van der Waals surface area contributed by atoms with Gasteiger partial charge in [0, 0.05) is 11.3 Å². The zero-order chi connectivity index (χ0) is 10.7. The lowest BCUT2D eigenvalue weighted by molar-refractivity contribution is 0.553. The SMILES string of the molecule is CCn1nnc(-c2ccc(NN)cc2)n1. The van der Waals surface area contributed by atoms with Crippen molar-refractivity contribution >= 4 is 5.69 Å². The molecule has 2 rings (SSSR count). The first-order valence-corrected chi connectivity index (χ1v) is 4.68. The number of rotatable bonds is 3. The molecular weight excluding hydrogens is 192 g/mol. The summed E-state index contributed by atoms with van der Waals surface area (Å²) in [6.45, 7) is 2.68. The molecule has 0 saturated heterocycles. The molecule has 0 fully saturated rings. The topological polar surface area (TPSA) is 81.7 Å². The van der Waals surface area contributed by atoms with E-state index in [4.69, 9.17) is 5.84 Å². The number of benzene rings is 1. The lowest BCUT2D eigenvalue weighted by Gasteiger charge is -1.99. The Morgan fingerprint density at radius 2 is 2.07 bits per heavy atom. The predicted octanol–water partition coefficient (Wildman–Crippen LogP) is 0.646. The lowest BCUT2D eigenvalue weighted by atomic mass is 10.2. The molecule has 78 valence electrons. The smallest absolute Gasteiger partial charge is 0.204 e. The zero-order valence-corrected chi connectivity index (χ0v) is 8.38. The number of aromatic nitrogens is 4. The van der Waals surface area contributed by atoms with Crippen molar-refractivity contribution in [3.63, 3.8) is 0 Å². The number of anilines is 1. The van der Waals surface area contributed by atoms with Gasteiger partial charge >= 0.3 is 0 Å². The number of tetrazole rings is 1. The first-order chi connectivity index (χ1) is 7.33. The van der Waals surface area contributed by atoms with E-state index in [2.05, 4.69) is 20.8 Å². The van der Waals surface area contributed by atoms with Gasteiger partial charge in [-0.3, -0.25) is 5.84 Å². The van der Waals surface area contributed by atoms with Crippen LogP contribution in [0.5, 0.6) is 0 Å². The third-order valence-electron chi connectivity index (χ3n) is 2.05. The molecule has 0 bridgehead atoms. The quantitative estimate of drug-likeness (QED) is 0.566. The van der Waals surface area contributed by atoms with Crippen LogP contribution in [0.2, 0.25) is 0 Å². The molecule has 1 aromatic carbocycles. The largest absolute Gasteiger partial charge is 0.324 e. The number of hydrazine groups is 1. The van der Waals surface area contributed by atoms with Gasteiger partial charge in [0.25, 0.3) is 0 Å².